The van der Waals surface area contributed by atoms with E-state index in [1.54, 1.807) is 16.8 Å². The highest BCUT2D eigenvalue weighted by atomic mass is 32.1. The third kappa shape index (κ3) is 4.02. The lowest BCUT2D eigenvalue weighted by Crippen LogP contribution is -2.43. The van der Waals surface area contributed by atoms with Crippen molar-refractivity contribution in [2.75, 3.05) is 24.7 Å². The maximum Gasteiger partial charge on any atom is 0.316 e. The van der Waals surface area contributed by atoms with Gasteiger partial charge in [-0.05, 0) is 32.9 Å². The fourth-order valence-electron chi connectivity index (χ4n) is 2.91. The molecule has 1 fully saturated rings. The van der Waals surface area contributed by atoms with Gasteiger partial charge in [0.1, 0.15) is 10.4 Å². The molecule has 2 heterocycles. The van der Waals surface area contributed by atoms with Crippen LogP contribution in [0.25, 0.3) is 0 Å². The van der Waals surface area contributed by atoms with E-state index in [0.717, 1.165) is 10.7 Å². The van der Waals surface area contributed by atoms with Crippen molar-refractivity contribution in [2.24, 2.45) is 5.41 Å². The molecule has 0 spiro atoms. The molecular formula is C19H24N2O3S. The predicted octanol–water partition coefficient (Wildman–Crippen LogP) is 3.95. The zero-order valence-corrected chi connectivity index (χ0v) is 15.7. The van der Waals surface area contributed by atoms with Gasteiger partial charge in [-0.2, -0.15) is 0 Å². The normalized spacial score (nSPS) is 20.1. The van der Waals surface area contributed by atoms with E-state index >= 15 is 0 Å². The minimum atomic E-state index is -0.654. The zero-order chi connectivity index (χ0) is 17.9. The minimum Gasteiger partial charge on any atom is -0.465 e. The number of cyclic esters (lactones) is 1. The van der Waals surface area contributed by atoms with E-state index in [0.29, 0.717) is 26.2 Å². The number of aromatic nitrogens is 1. The van der Waals surface area contributed by atoms with Gasteiger partial charge >= 0.3 is 5.97 Å². The number of hydrogen-bond acceptors (Lipinski definition) is 6. The molecule has 5 nitrogen and oxygen atoms in total. The monoisotopic (exact) mass is 360 g/mol. The Morgan fingerprint density at radius 1 is 1.36 bits per heavy atom. The predicted molar refractivity (Wildman–Crippen MR) is 99.4 cm³/mol. The van der Waals surface area contributed by atoms with Crippen molar-refractivity contribution in [1.82, 2.24) is 4.98 Å². The Bertz CT molecular complexity index is 700. The lowest BCUT2D eigenvalue weighted by atomic mass is 9.86. The number of esters is 1. The number of benzene rings is 1. The fraction of sp³-hybridized carbons (Fsp3) is 0.474. The molecule has 1 aromatic heterocycles. The van der Waals surface area contributed by atoms with Crippen LogP contribution in [0.4, 0.5) is 10.7 Å². The Balaban J connectivity index is 1.92. The summed E-state index contributed by atoms with van der Waals surface area (Å²) in [5.74, 6) is -0.172. The molecule has 2 aromatic rings. The summed E-state index contributed by atoms with van der Waals surface area (Å²) in [7, 11) is 0. The number of hydrogen-bond donors (Lipinski definition) is 0. The first kappa shape index (κ1) is 17.9. The highest BCUT2D eigenvalue weighted by Gasteiger charge is 2.47. The number of thiazole rings is 1. The molecule has 134 valence electrons. The van der Waals surface area contributed by atoms with Gasteiger partial charge in [-0.15, -0.1) is 11.3 Å². The molecule has 0 saturated carbocycles. The number of aryl methyl sites for hydroxylation is 1. The van der Waals surface area contributed by atoms with Gasteiger partial charge in [-0.1, -0.05) is 17.7 Å². The van der Waals surface area contributed by atoms with E-state index in [1.807, 2.05) is 20.0 Å². The number of anilines is 2. The summed E-state index contributed by atoms with van der Waals surface area (Å²) in [6.07, 6.45) is 2.57. The van der Waals surface area contributed by atoms with Crippen molar-refractivity contribution < 1.29 is 14.3 Å². The van der Waals surface area contributed by atoms with Gasteiger partial charge in [-0.3, -0.25) is 9.78 Å². The Morgan fingerprint density at radius 2 is 2.12 bits per heavy atom. The Kier molecular flexibility index (Phi) is 5.39. The van der Waals surface area contributed by atoms with E-state index in [4.69, 9.17) is 9.47 Å². The van der Waals surface area contributed by atoms with Crippen molar-refractivity contribution in [3.8, 4) is 0 Å². The maximum atomic E-state index is 12.6. The third-order valence-corrected chi connectivity index (χ3v) is 5.23. The Labute approximate surface area is 152 Å². The molecule has 1 aliphatic rings. The summed E-state index contributed by atoms with van der Waals surface area (Å²) >= 11 is 1.56. The maximum absolute atomic E-state index is 12.6. The van der Waals surface area contributed by atoms with E-state index in [-0.39, 0.29) is 12.1 Å². The van der Waals surface area contributed by atoms with Crippen molar-refractivity contribution in [3.05, 3.63) is 41.5 Å². The van der Waals surface area contributed by atoms with Gasteiger partial charge in [0.25, 0.3) is 0 Å². The number of carbonyl (C=O) groups excluding carboxylic acids is 1. The van der Waals surface area contributed by atoms with E-state index in [2.05, 4.69) is 41.1 Å². The average molecular weight is 360 g/mol. The molecule has 0 N–H and O–H groups in total. The first-order valence-electron chi connectivity index (χ1n) is 8.52. The Hall–Kier alpha value is -1.92. The zero-order valence-electron chi connectivity index (χ0n) is 14.9. The van der Waals surface area contributed by atoms with Gasteiger partial charge in [0, 0.05) is 18.7 Å². The van der Waals surface area contributed by atoms with Gasteiger partial charge in [0.05, 0.1) is 31.0 Å². The summed E-state index contributed by atoms with van der Waals surface area (Å²) in [5.41, 5.74) is 3.39. The van der Waals surface area contributed by atoms with E-state index in [9.17, 15) is 4.79 Å². The lowest BCUT2D eigenvalue weighted by molar-refractivity contribution is -0.149. The van der Waals surface area contributed by atoms with Crippen LogP contribution in [0.15, 0.2) is 36.0 Å². The van der Waals surface area contributed by atoms with Gasteiger partial charge in [0.15, 0.2) is 0 Å². The molecule has 25 heavy (non-hydrogen) atoms. The number of rotatable bonds is 7. The van der Waals surface area contributed by atoms with Crippen LogP contribution in [0.2, 0.25) is 0 Å². The minimum absolute atomic E-state index is 0.0708. The first-order valence-corrected chi connectivity index (χ1v) is 9.40. The van der Waals surface area contributed by atoms with Crippen LogP contribution in [0, 0.1) is 12.3 Å². The van der Waals surface area contributed by atoms with Gasteiger partial charge in [0.2, 0.25) is 0 Å². The van der Waals surface area contributed by atoms with Crippen molar-refractivity contribution in [2.45, 2.75) is 33.3 Å². The average Bonchev–Trinajstić information content (AvgIpc) is 3.23. The molecular weight excluding hydrogens is 336 g/mol. The van der Waals surface area contributed by atoms with Crippen molar-refractivity contribution in [1.29, 1.82) is 0 Å². The Morgan fingerprint density at radius 3 is 2.68 bits per heavy atom. The molecule has 1 atom stereocenters. The molecule has 0 bridgehead atoms. The highest BCUT2D eigenvalue weighted by Crippen LogP contribution is 2.38. The molecule has 1 unspecified atom stereocenters. The number of carbonyl (C=O) groups is 1. The number of ether oxygens (including phenoxy) is 2. The lowest BCUT2D eigenvalue weighted by Gasteiger charge is -2.33. The van der Waals surface area contributed by atoms with Gasteiger partial charge < -0.3 is 14.4 Å². The van der Waals surface area contributed by atoms with Crippen LogP contribution in [0.3, 0.4) is 0 Å². The molecule has 1 saturated heterocycles. The first-order chi connectivity index (χ1) is 12.0. The van der Waals surface area contributed by atoms with Crippen LogP contribution >= 0.6 is 11.3 Å². The molecule has 0 amide bonds. The van der Waals surface area contributed by atoms with Crippen molar-refractivity contribution in [3.63, 3.8) is 0 Å². The topological polar surface area (TPSA) is 51.7 Å². The van der Waals surface area contributed by atoms with Crippen LogP contribution in [0.1, 0.15) is 25.8 Å². The van der Waals surface area contributed by atoms with Gasteiger partial charge in [-0.25, -0.2) is 0 Å². The molecule has 6 heteroatoms. The largest absolute Gasteiger partial charge is 0.465 e. The van der Waals surface area contributed by atoms with Crippen LogP contribution in [-0.2, 0) is 14.3 Å². The molecule has 0 aliphatic carbocycles. The van der Waals surface area contributed by atoms with E-state index < -0.39 is 5.41 Å². The summed E-state index contributed by atoms with van der Waals surface area (Å²) in [6.45, 7) is 7.36. The summed E-state index contributed by atoms with van der Waals surface area (Å²) in [5, 5.41) is 1.01. The highest BCUT2D eigenvalue weighted by molar-refractivity contribution is 7.13. The van der Waals surface area contributed by atoms with Crippen LogP contribution in [-0.4, -0.2) is 36.8 Å². The second-order valence-corrected chi connectivity index (χ2v) is 7.65. The number of nitrogens with zero attached hydrogens (tertiary/aromatic N) is 2. The van der Waals surface area contributed by atoms with E-state index in [1.165, 1.54) is 5.56 Å². The second kappa shape index (κ2) is 7.54. The third-order valence-electron chi connectivity index (χ3n) is 4.43. The summed E-state index contributed by atoms with van der Waals surface area (Å²) in [6, 6.07) is 8.31. The fourth-order valence-corrected chi connectivity index (χ4v) is 3.56. The molecule has 0 radical (unpaired) electrons. The van der Waals surface area contributed by atoms with Crippen LogP contribution < -0.4 is 4.90 Å². The summed E-state index contributed by atoms with van der Waals surface area (Å²) in [4.78, 5) is 18.9. The second-order valence-electron chi connectivity index (χ2n) is 6.79. The molecule has 3 rings (SSSR count). The standard InChI is InChI=1S/C19H24N2O3S/c1-14(2)24-12-19(8-9-23-18(19)22)11-21(17-10-20-13-25-17)16-6-4-15(3)5-7-16/h4-7,10,13-14H,8-9,11-12H2,1-3H3. The molecule has 1 aliphatic heterocycles. The SMILES string of the molecule is Cc1ccc(N(CC2(COC(C)C)CCOC2=O)c2cncs2)cc1. The quantitative estimate of drug-likeness (QED) is 0.700. The van der Waals surface area contributed by atoms with Crippen molar-refractivity contribution >= 4 is 28.0 Å². The smallest absolute Gasteiger partial charge is 0.316 e. The molecule has 1 aromatic carbocycles. The van der Waals surface area contributed by atoms with Crippen LogP contribution in [0.5, 0.6) is 0 Å². The summed E-state index contributed by atoms with van der Waals surface area (Å²) < 4.78 is 11.1.